The van der Waals surface area contributed by atoms with Gasteiger partial charge in [0.2, 0.25) is 0 Å². The van der Waals surface area contributed by atoms with Crippen LogP contribution in [-0.4, -0.2) is 27.6 Å². The quantitative estimate of drug-likeness (QED) is 0.892. The van der Waals surface area contributed by atoms with E-state index in [9.17, 15) is 0 Å². The van der Waals surface area contributed by atoms with Gasteiger partial charge in [0.05, 0.1) is 0 Å². The average molecular weight is 242 g/mol. The highest BCUT2D eigenvalue weighted by atomic mass is 15.1. The SMILES string of the molecule is c1cc(Cc2nccn2C2CCNCC2)ccn1. The van der Waals surface area contributed by atoms with Gasteiger partial charge in [-0.3, -0.25) is 4.98 Å². The Kier molecular flexibility index (Phi) is 3.37. The van der Waals surface area contributed by atoms with Crippen LogP contribution in [-0.2, 0) is 6.42 Å². The lowest BCUT2D eigenvalue weighted by atomic mass is 10.1. The minimum absolute atomic E-state index is 0.602. The number of piperidine rings is 1. The molecular weight excluding hydrogens is 224 g/mol. The standard InChI is InChI=1S/C14H18N4/c1-5-15-6-2-12(1)11-14-17-9-10-18(14)13-3-7-16-8-4-13/h1-2,5-6,9-10,13,16H,3-4,7-8,11H2. The minimum atomic E-state index is 0.602. The van der Waals surface area contributed by atoms with E-state index in [0.29, 0.717) is 6.04 Å². The third-order valence-electron chi connectivity index (χ3n) is 3.56. The summed E-state index contributed by atoms with van der Waals surface area (Å²) in [5.74, 6) is 1.16. The zero-order valence-corrected chi connectivity index (χ0v) is 10.4. The summed E-state index contributed by atoms with van der Waals surface area (Å²) < 4.78 is 2.35. The van der Waals surface area contributed by atoms with Crippen molar-refractivity contribution in [2.45, 2.75) is 25.3 Å². The second kappa shape index (κ2) is 5.31. The third-order valence-corrected chi connectivity index (χ3v) is 3.56. The molecule has 1 aliphatic rings. The summed E-state index contributed by atoms with van der Waals surface area (Å²) in [6.45, 7) is 2.22. The number of nitrogens with one attached hydrogen (secondary N) is 1. The van der Waals surface area contributed by atoms with Gasteiger partial charge in [-0.15, -0.1) is 0 Å². The first-order valence-corrected chi connectivity index (χ1v) is 6.55. The van der Waals surface area contributed by atoms with Gasteiger partial charge in [-0.1, -0.05) is 0 Å². The average Bonchev–Trinajstić information content (AvgIpc) is 2.89. The van der Waals surface area contributed by atoms with E-state index >= 15 is 0 Å². The number of rotatable bonds is 3. The molecule has 4 nitrogen and oxygen atoms in total. The lowest BCUT2D eigenvalue weighted by Gasteiger charge is -2.25. The molecule has 0 saturated carbocycles. The van der Waals surface area contributed by atoms with Gasteiger partial charge in [-0.25, -0.2) is 4.98 Å². The van der Waals surface area contributed by atoms with E-state index in [1.807, 2.05) is 18.6 Å². The molecular formula is C14H18N4. The van der Waals surface area contributed by atoms with Crippen LogP contribution in [0.4, 0.5) is 0 Å². The summed E-state index contributed by atoms with van der Waals surface area (Å²) in [6, 6.07) is 4.72. The van der Waals surface area contributed by atoms with Crippen molar-refractivity contribution < 1.29 is 0 Å². The fraction of sp³-hybridized carbons (Fsp3) is 0.429. The number of hydrogen-bond donors (Lipinski definition) is 1. The van der Waals surface area contributed by atoms with Crippen LogP contribution in [0, 0.1) is 0 Å². The van der Waals surface area contributed by atoms with Gasteiger partial charge in [-0.2, -0.15) is 0 Å². The van der Waals surface area contributed by atoms with Crippen molar-refractivity contribution in [3.05, 3.63) is 48.3 Å². The monoisotopic (exact) mass is 242 g/mol. The highest BCUT2D eigenvalue weighted by Crippen LogP contribution is 2.21. The Labute approximate surface area is 107 Å². The first-order chi connectivity index (χ1) is 8.93. The van der Waals surface area contributed by atoms with Crippen LogP contribution in [0.5, 0.6) is 0 Å². The fourth-order valence-corrected chi connectivity index (χ4v) is 2.58. The Hall–Kier alpha value is -1.68. The molecule has 3 heterocycles. The Morgan fingerprint density at radius 1 is 1.17 bits per heavy atom. The summed E-state index contributed by atoms with van der Waals surface area (Å²) in [4.78, 5) is 8.56. The first kappa shape index (κ1) is 11.4. The molecule has 3 rings (SSSR count). The van der Waals surface area contributed by atoms with E-state index in [2.05, 4.69) is 38.2 Å². The van der Waals surface area contributed by atoms with Crippen LogP contribution >= 0.6 is 0 Å². The maximum atomic E-state index is 4.51. The molecule has 0 aliphatic carbocycles. The maximum absolute atomic E-state index is 4.51. The Balaban J connectivity index is 1.78. The fourth-order valence-electron chi connectivity index (χ4n) is 2.58. The van der Waals surface area contributed by atoms with Crippen molar-refractivity contribution >= 4 is 0 Å². The summed E-state index contributed by atoms with van der Waals surface area (Å²) in [7, 11) is 0. The van der Waals surface area contributed by atoms with Crippen molar-refractivity contribution in [2.75, 3.05) is 13.1 Å². The molecule has 1 fully saturated rings. The Morgan fingerprint density at radius 2 is 1.94 bits per heavy atom. The van der Waals surface area contributed by atoms with Gasteiger partial charge >= 0.3 is 0 Å². The van der Waals surface area contributed by atoms with Crippen LogP contribution in [0.15, 0.2) is 36.9 Å². The molecule has 0 spiro atoms. The molecule has 0 amide bonds. The third kappa shape index (κ3) is 2.43. The van der Waals surface area contributed by atoms with Gasteiger partial charge in [0.15, 0.2) is 0 Å². The van der Waals surface area contributed by atoms with E-state index in [1.54, 1.807) is 0 Å². The highest BCUT2D eigenvalue weighted by Gasteiger charge is 2.17. The number of pyridine rings is 1. The molecule has 2 aromatic heterocycles. The Bertz CT molecular complexity index is 486. The molecule has 0 bridgehead atoms. The summed E-state index contributed by atoms with van der Waals surface area (Å²) in [6.07, 6.45) is 11.0. The predicted molar refractivity (Wildman–Crippen MR) is 70.4 cm³/mol. The zero-order chi connectivity index (χ0) is 12.2. The topological polar surface area (TPSA) is 42.7 Å². The van der Waals surface area contributed by atoms with Crippen molar-refractivity contribution in [3.8, 4) is 0 Å². The maximum Gasteiger partial charge on any atom is 0.113 e. The van der Waals surface area contributed by atoms with E-state index in [1.165, 1.54) is 18.4 Å². The van der Waals surface area contributed by atoms with Crippen LogP contribution in [0.25, 0.3) is 0 Å². The van der Waals surface area contributed by atoms with Crippen LogP contribution in [0.2, 0.25) is 0 Å². The van der Waals surface area contributed by atoms with Crippen molar-refractivity contribution in [1.82, 2.24) is 19.9 Å². The summed E-state index contributed by atoms with van der Waals surface area (Å²) in [5, 5.41) is 3.40. The predicted octanol–water partition coefficient (Wildman–Crippen LogP) is 1.79. The summed E-state index contributed by atoms with van der Waals surface area (Å²) >= 11 is 0. The lowest BCUT2D eigenvalue weighted by molar-refractivity contribution is 0.361. The molecule has 1 aliphatic heterocycles. The van der Waals surface area contributed by atoms with E-state index in [0.717, 1.165) is 25.3 Å². The smallest absolute Gasteiger partial charge is 0.113 e. The molecule has 94 valence electrons. The highest BCUT2D eigenvalue weighted by molar-refractivity contribution is 5.16. The minimum Gasteiger partial charge on any atom is -0.332 e. The van der Waals surface area contributed by atoms with Gasteiger partial charge in [0, 0.05) is 37.3 Å². The van der Waals surface area contributed by atoms with Gasteiger partial charge in [0.1, 0.15) is 5.82 Å². The van der Waals surface area contributed by atoms with E-state index in [4.69, 9.17) is 0 Å². The first-order valence-electron chi connectivity index (χ1n) is 6.55. The Morgan fingerprint density at radius 3 is 2.72 bits per heavy atom. The second-order valence-corrected chi connectivity index (χ2v) is 4.76. The normalized spacial score (nSPS) is 16.9. The van der Waals surface area contributed by atoms with Crippen molar-refractivity contribution in [3.63, 3.8) is 0 Å². The second-order valence-electron chi connectivity index (χ2n) is 4.76. The van der Waals surface area contributed by atoms with Crippen molar-refractivity contribution in [1.29, 1.82) is 0 Å². The number of nitrogens with zero attached hydrogens (tertiary/aromatic N) is 3. The van der Waals surface area contributed by atoms with Gasteiger partial charge < -0.3 is 9.88 Å². The number of imidazole rings is 1. The summed E-state index contributed by atoms with van der Waals surface area (Å²) in [5.41, 5.74) is 1.27. The molecule has 0 unspecified atom stereocenters. The largest absolute Gasteiger partial charge is 0.332 e. The van der Waals surface area contributed by atoms with Crippen LogP contribution < -0.4 is 5.32 Å². The molecule has 0 radical (unpaired) electrons. The van der Waals surface area contributed by atoms with Crippen LogP contribution in [0.1, 0.15) is 30.3 Å². The lowest BCUT2D eigenvalue weighted by Crippen LogP contribution is -2.29. The number of hydrogen-bond acceptors (Lipinski definition) is 3. The molecule has 1 N–H and O–H groups in total. The molecule has 0 aromatic carbocycles. The van der Waals surface area contributed by atoms with E-state index < -0.39 is 0 Å². The van der Waals surface area contributed by atoms with Gasteiger partial charge in [-0.05, 0) is 43.6 Å². The zero-order valence-electron chi connectivity index (χ0n) is 10.4. The van der Waals surface area contributed by atoms with Crippen molar-refractivity contribution in [2.24, 2.45) is 0 Å². The van der Waals surface area contributed by atoms with E-state index in [-0.39, 0.29) is 0 Å². The van der Waals surface area contributed by atoms with Crippen LogP contribution in [0.3, 0.4) is 0 Å². The van der Waals surface area contributed by atoms with Gasteiger partial charge in [0.25, 0.3) is 0 Å². The molecule has 4 heteroatoms. The molecule has 0 atom stereocenters. The molecule has 2 aromatic rings. The molecule has 1 saturated heterocycles. The molecule has 18 heavy (non-hydrogen) atoms. The number of aromatic nitrogens is 3.